The summed E-state index contributed by atoms with van der Waals surface area (Å²) in [6, 6.07) is 19.1. The van der Waals surface area contributed by atoms with Gasteiger partial charge in [0.2, 0.25) is 0 Å². The molecule has 0 amide bonds. The maximum Gasteiger partial charge on any atom is 0.111 e. The van der Waals surface area contributed by atoms with Gasteiger partial charge in [0, 0.05) is 11.4 Å². The van der Waals surface area contributed by atoms with E-state index in [1.807, 2.05) is 17.2 Å². The number of hydroxylamine groups is 2. The van der Waals surface area contributed by atoms with Gasteiger partial charge >= 0.3 is 0 Å². The predicted molar refractivity (Wildman–Crippen MR) is 114 cm³/mol. The Morgan fingerprint density at radius 2 is 1.63 bits per heavy atom. The van der Waals surface area contributed by atoms with Crippen LogP contribution in [0, 0.1) is 0 Å². The summed E-state index contributed by atoms with van der Waals surface area (Å²) in [6.07, 6.45) is 7.96. The van der Waals surface area contributed by atoms with Crippen molar-refractivity contribution < 1.29 is 4.84 Å². The van der Waals surface area contributed by atoms with Crippen LogP contribution in [0.15, 0.2) is 85.7 Å². The van der Waals surface area contributed by atoms with Crippen molar-refractivity contribution in [2.45, 2.75) is 44.6 Å². The van der Waals surface area contributed by atoms with Gasteiger partial charge in [-0.15, -0.1) is 0 Å². The standard InChI is InChI=1S/C25H29NO/c1-4-22-16-18-23(19-17-22)12-9-15-25(24-13-6-5-7-14-24)27-26-20(2)10-8-11-21(26)3/h4-7,13-14,16-19,25H,1-3,8-12,15H2. The van der Waals surface area contributed by atoms with Gasteiger partial charge in [-0.05, 0) is 55.2 Å². The smallest absolute Gasteiger partial charge is 0.111 e. The molecule has 0 radical (unpaired) electrons. The minimum Gasteiger partial charge on any atom is -0.261 e. The molecule has 27 heavy (non-hydrogen) atoms. The molecule has 1 atom stereocenters. The normalized spacial score (nSPS) is 15.6. The lowest BCUT2D eigenvalue weighted by molar-refractivity contribution is -0.163. The number of benzene rings is 2. The zero-order valence-corrected chi connectivity index (χ0v) is 16.1. The Kier molecular flexibility index (Phi) is 6.67. The molecule has 1 aliphatic rings. The fraction of sp³-hybridized carbons (Fsp3) is 0.280. The van der Waals surface area contributed by atoms with Gasteiger partial charge in [-0.1, -0.05) is 80.4 Å². The van der Waals surface area contributed by atoms with Gasteiger partial charge in [0.05, 0.1) is 0 Å². The Morgan fingerprint density at radius 3 is 2.26 bits per heavy atom. The lowest BCUT2D eigenvalue weighted by Crippen LogP contribution is -2.27. The van der Waals surface area contributed by atoms with Gasteiger partial charge < -0.3 is 0 Å². The molecule has 2 nitrogen and oxygen atoms in total. The second-order valence-electron chi connectivity index (χ2n) is 7.12. The van der Waals surface area contributed by atoms with Gasteiger partial charge in [0.15, 0.2) is 0 Å². The Morgan fingerprint density at radius 1 is 0.963 bits per heavy atom. The lowest BCUT2D eigenvalue weighted by Gasteiger charge is -2.35. The second kappa shape index (κ2) is 9.38. The third kappa shape index (κ3) is 5.21. The number of nitrogens with zero attached hydrogens (tertiary/aromatic N) is 1. The summed E-state index contributed by atoms with van der Waals surface area (Å²) < 4.78 is 0. The van der Waals surface area contributed by atoms with E-state index in [2.05, 4.69) is 68.3 Å². The Bertz CT molecular complexity index is 760. The van der Waals surface area contributed by atoms with Crippen molar-refractivity contribution in [3.05, 3.63) is 102 Å². The highest BCUT2D eigenvalue weighted by Crippen LogP contribution is 2.33. The van der Waals surface area contributed by atoms with Crippen molar-refractivity contribution in [1.29, 1.82) is 0 Å². The van der Waals surface area contributed by atoms with E-state index in [-0.39, 0.29) is 6.10 Å². The number of piperidine rings is 1. The third-order valence-corrected chi connectivity index (χ3v) is 5.06. The SMILES string of the molecule is C=Cc1ccc(CCCC(ON2C(=C)CCCC2=C)c2ccccc2)cc1. The molecule has 1 heterocycles. The summed E-state index contributed by atoms with van der Waals surface area (Å²) in [5, 5.41) is 1.88. The van der Waals surface area contributed by atoms with Crippen molar-refractivity contribution in [3.8, 4) is 0 Å². The van der Waals surface area contributed by atoms with Gasteiger partial charge in [-0.25, -0.2) is 5.06 Å². The molecule has 0 N–H and O–H groups in total. The number of hydrogen-bond acceptors (Lipinski definition) is 2. The lowest BCUT2D eigenvalue weighted by atomic mass is 10.0. The molecular formula is C25H29NO. The van der Waals surface area contributed by atoms with Crippen LogP contribution in [0.5, 0.6) is 0 Å². The van der Waals surface area contributed by atoms with Gasteiger partial charge in [-0.2, -0.15) is 0 Å². The fourth-order valence-electron chi connectivity index (χ4n) is 3.46. The van der Waals surface area contributed by atoms with Gasteiger partial charge in [0.25, 0.3) is 0 Å². The highest BCUT2D eigenvalue weighted by Gasteiger charge is 2.23. The van der Waals surface area contributed by atoms with E-state index < -0.39 is 0 Å². The molecule has 2 aromatic rings. The summed E-state index contributed by atoms with van der Waals surface area (Å²) in [6.45, 7) is 12.1. The topological polar surface area (TPSA) is 12.5 Å². The third-order valence-electron chi connectivity index (χ3n) is 5.06. The van der Waals surface area contributed by atoms with E-state index >= 15 is 0 Å². The van der Waals surface area contributed by atoms with E-state index in [0.717, 1.165) is 55.5 Å². The highest BCUT2D eigenvalue weighted by molar-refractivity contribution is 5.47. The first kappa shape index (κ1) is 19.2. The molecule has 3 rings (SSSR count). The molecule has 0 saturated carbocycles. The average Bonchev–Trinajstić information content (AvgIpc) is 2.70. The summed E-state index contributed by atoms with van der Waals surface area (Å²) in [5.41, 5.74) is 5.72. The average molecular weight is 360 g/mol. The van der Waals surface area contributed by atoms with Crippen LogP contribution >= 0.6 is 0 Å². The first-order valence-electron chi connectivity index (χ1n) is 9.76. The van der Waals surface area contributed by atoms with Crippen molar-refractivity contribution in [2.24, 2.45) is 0 Å². The first-order valence-corrected chi connectivity index (χ1v) is 9.76. The van der Waals surface area contributed by atoms with Crippen molar-refractivity contribution in [2.75, 3.05) is 0 Å². The quantitative estimate of drug-likeness (QED) is 0.511. The van der Waals surface area contributed by atoms with Crippen LogP contribution in [0.3, 0.4) is 0 Å². The fourth-order valence-corrected chi connectivity index (χ4v) is 3.46. The summed E-state index contributed by atoms with van der Waals surface area (Å²) in [5.74, 6) is 0. The van der Waals surface area contributed by atoms with Crippen LogP contribution in [0.25, 0.3) is 6.08 Å². The molecule has 0 aliphatic carbocycles. The number of rotatable bonds is 8. The molecule has 140 valence electrons. The van der Waals surface area contributed by atoms with Crippen LogP contribution in [0.2, 0.25) is 0 Å². The van der Waals surface area contributed by atoms with E-state index in [0.29, 0.717) is 0 Å². The summed E-state index contributed by atoms with van der Waals surface area (Å²) in [7, 11) is 0. The summed E-state index contributed by atoms with van der Waals surface area (Å²) in [4.78, 5) is 6.40. The molecule has 1 fully saturated rings. The Hall–Kier alpha value is -2.58. The molecule has 0 spiro atoms. The van der Waals surface area contributed by atoms with Crippen LogP contribution in [0.4, 0.5) is 0 Å². The minimum atomic E-state index is 0.00486. The molecule has 1 aliphatic heterocycles. The Balaban J connectivity index is 1.65. The molecule has 0 aromatic heterocycles. The maximum atomic E-state index is 6.40. The van der Waals surface area contributed by atoms with Crippen LogP contribution in [0.1, 0.15) is 54.9 Å². The zero-order chi connectivity index (χ0) is 19.1. The first-order chi connectivity index (χ1) is 13.2. The van der Waals surface area contributed by atoms with Gasteiger partial charge in [0.1, 0.15) is 6.10 Å². The van der Waals surface area contributed by atoms with Crippen molar-refractivity contribution in [1.82, 2.24) is 5.06 Å². The molecule has 2 aromatic carbocycles. The molecule has 0 bridgehead atoms. The second-order valence-corrected chi connectivity index (χ2v) is 7.12. The van der Waals surface area contributed by atoms with E-state index in [1.165, 1.54) is 11.1 Å². The number of allylic oxidation sites excluding steroid dienone is 2. The highest BCUT2D eigenvalue weighted by atomic mass is 16.7. The van der Waals surface area contributed by atoms with Crippen molar-refractivity contribution >= 4 is 6.08 Å². The predicted octanol–water partition coefficient (Wildman–Crippen LogP) is 6.84. The minimum absolute atomic E-state index is 0.00486. The van der Waals surface area contributed by atoms with Gasteiger partial charge in [-0.3, -0.25) is 4.84 Å². The number of aryl methyl sites for hydroxylation is 1. The monoisotopic (exact) mass is 359 g/mol. The molecule has 1 unspecified atom stereocenters. The zero-order valence-electron chi connectivity index (χ0n) is 16.1. The van der Waals surface area contributed by atoms with Crippen molar-refractivity contribution in [3.63, 3.8) is 0 Å². The molecule has 2 heteroatoms. The molecule has 1 saturated heterocycles. The van der Waals surface area contributed by atoms with E-state index in [4.69, 9.17) is 4.84 Å². The van der Waals surface area contributed by atoms with Crippen LogP contribution in [-0.2, 0) is 11.3 Å². The molecular weight excluding hydrogens is 330 g/mol. The van der Waals surface area contributed by atoms with Crippen LogP contribution in [-0.4, -0.2) is 5.06 Å². The van der Waals surface area contributed by atoms with E-state index in [9.17, 15) is 0 Å². The maximum absolute atomic E-state index is 6.40. The van der Waals surface area contributed by atoms with Crippen LogP contribution < -0.4 is 0 Å². The largest absolute Gasteiger partial charge is 0.261 e. The number of hydrogen-bond donors (Lipinski definition) is 0. The Labute approximate surface area is 163 Å². The van der Waals surface area contributed by atoms with E-state index in [1.54, 1.807) is 0 Å². The summed E-state index contributed by atoms with van der Waals surface area (Å²) >= 11 is 0.